The van der Waals surface area contributed by atoms with Gasteiger partial charge in [-0.2, -0.15) is 17.4 Å². The summed E-state index contributed by atoms with van der Waals surface area (Å²) in [7, 11) is 0.00877. The van der Waals surface area contributed by atoms with E-state index in [4.69, 9.17) is 0 Å². The average Bonchev–Trinajstić information content (AvgIpc) is 2.73. The molecule has 1 aromatic rings. The molecule has 104 valence electrons. The van der Waals surface area contributed by atoms with Crippen LogP contribution in [0.25, 0.3) is 0 Å². The Morgan fingerprint density at radius 3 is 2.78 bits per heavy atom. The Labute approximate surface area is 113 Å². The molecule has 0 saturated carbocycles. The standard InChI is InChI=1S/C10H20N4O2S2/c1-9-13-10(8-17-9)7-12-18(15,16)14(3)6-4-5-11-2/h8,11-12H,4-7H2,1-3H3. The van der Waals surface area contributed by atoms with Crippen molar-refractivity contribution in [2.24, 2.45) is 0 Å². The molecule has 0 atom stereocenters. The Balaban J connectivity index is 2.43. The van der Waals surface area contributed by atoms with Crippen LogP contribution in [-0.4, -0.2) is 44.9 Å². The summed E-state index contributed by atoms with van der Waals surface area (Å²) in [5.41, 5.74) is 0.754. The van der Waals surface area contributed by atoms with Gasteiger partial charge in [-0.3, -0.25) is 0 Å². The molecule has 1 aromatic heterocycles. The highest BCUT2D eigenvalue weighted by Crippen LogP contribution is 2.08. The van der Waals surface area contributed by atoms with E-state index in [-0.39, 0.29) is 6.54 Å². The molecule has 1 heterocycles. The van der Waals surface area contributed by atoms with Crippen LogP contribution >= 0.6 is 11.3 Å². The first-order valence-electron chi connectivity index (χ1n) is 5.72. The third-order valence-corrected chi connectivity index (χ3v) is 4.75. The molecule has 0 aliphatic rings. The summed E-state index contributed by atoms with van der Waals surface area (Å²) in [5, 5.41) is 5.78. The molecule has 2 N–H and O–H groups in total. The molecule has 0 spiro atoms. The number of rotatable bonds is 8. The van der Waals surface area contributed by atoms with Crippen LogP contribution in [0.2, 0.25) is 0 Å². The third-order valence-electron chi connectivity index (χ3n) is 2.41. The molecule has 0 aliphatic carbocycles. The second-order valence-corrected chi connectivity index (χ2v) is 6.89. The summed E-state index contributed by atoms with van der Waals surface area (Å²) in [6.45, 7) is 3.42. The Morgan fingerprint density at radius 2 is 2.22 bits per heavy atom. The van der Waals surface area contributed by atoms with Crippen LogP contribution in [-0.2, 0) is 16.8 Å². The van der Waals surface area contributed by atoms with Gasteiger partial charge in [0.15, 0.2) is 0 Å². The normalized spacial score (nSPS) is 12.2. The van der Waals surface area contributed by atoms with Crippen molar-refractivity contribution < 1.29 is 8.42 Å². The monoisotopic (exact) mass is 292 g/mol. The molecule has 0 bridgehead atoms. The van der Waals surface area contributed by atoms with E-state index in [1.54, 1.807) is 7.05 Å². The van der Waals surface area contributed by atoms with Crippen molar-refractivity contribution in [3.05, 3.63) is 16.1 Å². The fourth-order valence-electron chi connectivity index (χ4n) is 1.36. The maximum atomic E-state index is 11.9. The van der Waals surface area contributed by atoms with Gasteiger partial charge < -0.3 is 5.32 Å². The number of aryl methyl sites for hydroxylation is 1. The van der Waals surface area contributed by atoms with E-state index in [1.165, 1.54) is 15.6 Å². The Hall–Kier alpha value is -0.540. The minimum absolute atomic E-state index is 0.239. The zero-order valence-electron chi connectivity index (χ0n) is 10.9. The minimum atomic E-state index is -3.41. The van der Waals surface area contributed by atoms with Crippen LogP contribution in [0.15, 0.2) is 5.38 Å². The maximum Gasteiger partial charge on any atom is 0.279 e. The number of thiazole rings is 1. The van der Waals surface area contributed by atoms with Gasteiger partial charge in [-0.25, -0.2) is 4.98 Å². The van der Waals surface area contributed by atoms with Crippen molar-refractivity contribution in [3.63, 3.8) is 0 Å². The van der Waals surface area contributed by atoms with E-state index in [0.29, 0.717) is 6.54 Å². The molecule has 1 rings (SSSR count). The van der Waals surface area contributed by atoms with Crippen LogP contribution in [0, 0.1) is 6.92 Å². The highest BCUT2D eigenvalue weighted by atomic mass is 32.2. The Bertz CT molecular complexity index is 458. The lowest BCUT2D eigenvalue weighted by Gasteiger charge is -2.17. The summed E-state index contributed by atoms with van der Waals surface area (Å²) >= 11 is 1.51. The van der Waals surface area contributed by atoms with Gasteiger partial charge in [0.1, 0.15) is 0 Å². The molecule has 0 fully saturated rings. The number of nitrogens with zero attached hydrogens (tertiary/aromatic N) is 2. The second kappa shape index (κ2) is 7.15. The van der Waals surface area contributed by atoms with Gasteiger partial charge in [0.2, 0.25) is 0 Å². The van der Waals surface area contributed by atoms with Crippen LogP contribution < -0.4 is 10.0 Å². The van der Waals surface area contributed by atoms with Crippen LogP contribution in [0.4, 0.5) is 0 Å². The molecule has 0 aromatic carbocycles. The second-order valence-electron chi connectivity index (χ2n) is 3.96. The molecular weight excluding hydrogens is 272 g/mol. The predicted octanol–water partition coefficient (Wildman–Crippen LogP) is 0.327. The smallest absolute Gasteiger partial charge is 0.279 e. The van der Waals surface area contributed by atoms with Crippen LogP contribution in [0.3, 0.4) is 0 Å². The number of hydrogen-bond acceptors (Lipinski definition) is 5. The first-order valence-corrected chi connectivity index (χ1v) is 8.04. The highest BCUT2D eigenvalue weighted by Gasteiger charge is 2.16. The van der Waals surface area contributed by atoms with Gasteiger partial charge in [-0.15, -0.1) is 11.3 Å². The number of nitrogens with one attached hydrogen (secondary N) is 2. The van der Waals surface area contributed by atoms with Crippen molar-refractivity contribution in [1.82, 2.24) is 19.3 Å². The average molecular weight is 292 g/mol. The molecular formula is C10H20N4O2S2. The molecule has 0 unspecified atom stereocenters. The molecule has 0 amide bonds. The van der Waals surface area contributed by atoms with Crippen LogP contribution in [0.5, 0.6) is 0 Å². The van der Waals surface area contributed by atoms with E-state index in [0.717, 1.165) is 23.7 Å². The van der Waals surface area contributed by atoms with E-state index < -0.39 is 10.2 Å². The fraction of sp³-hybridized carbons (Fsp3) is 0.700. The van der Waals surface area contributed by atoms with Gasteiger partial charge in [0.05, 0.1) is 17.2 Å². The van der Waals surface area contributed by atoms with Crippen LogP contribution in [0.1, 0.15) is 17.1 Å². The molecule has 6 nitrogen and oxygen atoms in total. The molecule has 8 heteroatoms. The lowest BCUT2D eigenvalue weighted by Crippen LogP contribution is -2.39. The topological polar surface area (TPSA) is 74.3 Å². The van der Waals surface area contributed by atoms with Gasteiger partial charge in [0, 0.05) is 19.0 Å². The zero-order chi connectivity index (χ0) is 13.6. The van der Waals surface area contributed by atoms with Gasteiger partial charge in [-0.1, -0.05) is 0 Å². The zero-order valence-corrected chi connectivity index (χ0v) is 12.6. The van der Waals surface area contributed by atoms with Crippen molar-refractivity contribution in [2.75, 3.05) is 27.2 Å². The minimum Gasteiger partial charge on any atom is -0.320 e. The van der Waals surface area contributed by atoms with Gasteiger partial charge in [0.25, 0.3) is 10.2 Å². The van der Waals surface area contributed by atoms with Crippen molar-refractivity contribution in [2.45, 2.75) is 19.9 Å². The van der Waals surface area contributed by atoms with Gasteiger partial charge in [-0.05, 0) is 26.9 Å². The molecule has 0 radical (unpaired) electrons. The molecule has 18 heavy (non-hydrogen) atoms. The molecule has 0 aliphatic heterocycles. The summed E-state index contributed by atoms with van der Waals surface area (Å²) in [4.78, 5) is 4.21. The lowest BCUT2D eigenvalue weighted by molar-refractivity contribution is 0.447. The van der Waals surface area contributed by atoms with E-state index >= 15 is 0 Å². The van der Waals surface area contributed by atoms with E-state index in [2.05, 4.69) is 15.0 Å². The van der Waals surface area contributed by atoms with Gasteiger partial charge >= 0.3 is 0 Å². The third kappa shape index (κ3) is 4.99. The predicted molar refractivity (Wildman–Crippen MR) is 73.8 cm³/mol. The lowest BCUT2D eigenvalue weighted by atomic mass is 10.4. The quantitative estimate of drug-likeness (QED) is 0.677. The SMILES string of the molecule is CNCCCN(C)S(=O)(=O)NCc1csc(C)n1. The van der Waals surface area contributed by atoms with Crippen molar-refractivity contribution in [1.29, 1.82) is 0 Å². The van der Waals surface area contributed by atoms with E-state index in [1.807, 2.05) is 19.4 Å². The first-order chi connectivity index (χ1) is 8.45. The maximum absolute atomic E-state index is 11.9. The summed E-state index contributed by atoms with van der Waals surface area (Å²) < 4.78 is 27.6. The Morgan fingerprint density at radius 1 is 1.50 bits per heavy atom. The summed E-state index contributed by atoms with van der Waals surface area (Å²) in [6.07, 6.45) is 0.781. The fourth-order valence-corrected chi connectivity index (χ4v) is 2.90. The van der Waals surface area contributed by atoms with Crippen molar-refractivity contribution in [3.8, 4) is 0 Å². The Kier molecular flexibility index (Phi) is 6.16. The summed E-state index contributed by atoms with van der Waals surface area (Å²) in [5.74, 6) is 0. The molecule has 0 saturated heterocycles. The van der Waals surface area contributed by atoms with E-state index in [9.17, 15) is 8.42 Å². The first kappa shape index (κ1) is 15.5. The number of hydrogen-bond donors (Lipinski definition) is 2. The van der Waals surface area contributed by atoms with Crippen molar-refractivity contribution >= 4 is 21.5 Å². The highest BCUT2D eigenvalue weighted by molar-refractivity contribution is 7.87. The summed E-state index contributed by atoms with van der Waals surface area (Å²) in [6, 6.07) is 0. The largest absolute Gasteiger partial charge is 0.320 e. The number of aromatic nitrogens is 1.